The Morgan fingerprint density at radius 1 is 1.33 bits per heavy atom. The Morgan fingerprint density at radius 2 is 1.89 bits per heavy atom. The number of carbonyl (C=O) groups is 1. The Hall–Kier alpha value is 0.630. The topological polar surface area (TPSA) is 29.1 Å². The first-order valence-electron chi connectivity index (χ1n) is 5.86. The standard InChI is InChI=1S/C5H11NO.C5H5.C2H7Si.2ClH.Zr/c1-5(2,3)4(6)7;1-2-4-5-3-1;1-3-2;;;/h1-3H3,(H2,6,7);1-3H,4H2;3H,1-2H3;2*1H;/q;;;;;+3/p-3. The number of allylic oxidation sites excluding steroid dienone is 4. The molecule has 1 rings (SSSR count). The molecule has 0 heterocycles. The second-order valence-corrected chi connectivity index (χ2v) is 24.1. The zero-order valence-electron chi connectivity index (χ0n) is 11.7. The zero-order chi connectivity index (χ0) is 12.3. The van der Waals surface area contributed by atoms with Crippen molar-refractivity contribution in [3.8, 4) is 0 Å². The van der Waals surface area contributed by atoms with E-state index in [0.29, 0.717) is 0 Å². The quantitative estimate of drug-likeness (QED) is 0.502. The minimum Gasteiger partial charge on any atom is -1.00 e. The van der Waals surface area contributed by atoms with Crippen molar-refractivity contribution in [2.24, 2.45) is 5.41 Å². The van der Waals surface area contributed by atoms with Crippen LogP contribution in [0.1, 0.15) is 27.2 Å². The summed E-state index contributed by atoms with van der Waals surface area (Å²) in [6, 6.07) is 0. The van der Waals surface area contributed by atoms with Crippen molar-refractivity contribution < 1.29 is 50.8 Å². The van der Waals surface area contributed by atoms with E-state index in [1.54, 1.807) is 3.28 Å². The van der Waals surface area contributed by atoms with Gasteiger partial charge in [-0.05, 0) is 0 Å². The second-order valence-electron chi connectivity index (χ2n) is 5.60. The molecule has 0 aliphatic heterocycles. The van der Waals surface area contributed by atoms with Crippen molar-refractivity contribution in [3.63, 3.8) is 0 Å². The Bertz CT molecular complexity index is 337. The van der Waals surface area contributed by atoms with Crippen LogP contribution in [-0.4, -0.2) is 11.8 Å². The molecule has 0 saturated heterocycles. The van der Waals surface area contributed by atoms with Crippen LogP contribution in [0.2, 0.25) is 13.1 Å². The van der Waals surface area contributed by atoms with Crippen LogP contribution in [0.3, 0.4) is 0 Å². The van der Waals surface area contributed by atoms with E-state index in [2.05, 4.69) is 34.6 Å². The third-order valence-corrected chi connectivity index (χ3v) is 19.2. The van der Waals surface area contributed by atoms with Gasteiger partial charge < -0.3 is 24.8 Å². The normalized spacial score (nSPS) is 13.6. The molecule has 6 heteroatoms. The molecular formula is C12H22Cl2NOSiZr. The van der Waals surface area contributed by atoms with E-state index < -0.39 is 27.1 Å². The van der Waals surface area contributed by atoms with E-state index in [0.717, 1.165) is 6.42 Å². The Balaban J connectivity index is 0. The predicted octanol–water partition coefficient (Wildman–Crippen LogP) is -3.48. The van der Waals surface area contributed by atoms with Gasteiger partial charge in [0.25, 0.3) is 0 Å². The number of halogens is 2. The van der Waals surface area contributed by atoms with Gasteiger partial charge in [-0.25, -0.2) is 0 Å². The van der Waals surface area contributed by atoms with Crippen molar-refractivity contribution >= 4 is 11.8 Å². The van der Waals surface area contributed by atoms with E-state index in [4.69, 9.17) is 0 Å². The molecule has 0 aromatic carbocycles. The van der Waals surface area contributed by atoms with Crippen LogP contribution in [0.4, 0.5) is 0 Å². The number of carbonyl (C=O) groups excluding carboxylic acids is 1. The summed E-state index contributed by atoms with van der Waals surface area (Å²) in [4.78, 5) is 12.0. The summed E-state index contributed by atoms with van der Waals surface area (Å²) in [5, 5.41) is 0. The summed E-state index contributed by atoms with van der Waals surface area (Å²) in [7, 11) is 0. The molecule has 1 amide bonds. The molecule has 1 N–H and O–H groups in total. The van der Waals surface area contributed by atoms with E-state index in [9.17, 15) is 4.79 Å². The summed E-state index contributed by atoms with van der Waals surface area (Å²) in [5.41, 5.74) is -0.248. The molecule has 0 atom stereocenters. The number of rotatable bonds is 3. The first-order valence-corrected chi connectivity index (χ1v) is 15.5. The fourth-order valence-corrected chi connectivity index (χ4v) is 15.6. The first-order chi connectivity index (χ1) is 7.32. The maximum Gasteiger partial charge on any atom is -1.00 e. The molecule has 0 unspecified atom stereocenters. The van der Waals surface area contributed by atoms with E-state index >= 15 is 0 Å². The minimum atomic E-state index is -1.80. The summed E-state index contributed by atoms with van der Waals surface area (Å²) < 4.78 is 4.98. The predicted molar refractivity (Wildman–Crippen MR) is 68.3 cm³/mol. The van der Waals surface area contributed by atoms with E-state index in [-0.39, 0.29) is 36.1 Å². The average molecular weight is 387 g/mol. The molecule has 0 radical (unpaired) electrons. The van der Waals surface area contributed by atoms with Crippen LogP contribution in [-0.2, 0) is 26.0 Å². The van der Waals surface area contributed by atoms with Crippen LogP contribution in [0.5, 0.6) is 0 Å². The monoisotopic (exact) mass is 384 g/mol. The van der Waals surface area contributed by atoms with Gasteiger partial charge in [-0.2, -0.15) is 0 Å². The fourth-order valence-electron chi connectivity index (χ4n) is 1.55. The van der Waals surface area contributed by atoms with Gasteiger partial charge in [0.05, 0.1) is 0 Å². The van der Waals surface area contributed by atoms with Crippen molar-refractivity contribution in [2.45, 2.75) is 40.3 Å². The molecule has 2 nitrogen and oxygen atoms in total. The third-order valence-electron chi connectivity index (χ3n) is 2.62. The summed E-state index contributed by atoms with van der Waals surface area (Å²) >= 11 is -1.80. The van der Waals surface area contributed by atoms with Crippen molar-refractivity contribution in [2.75, 3.05) is 0 Å². The third kappa shape index (κ3) is 6.18. The van der Waals surface area contributed by atoms with Crippen LogP contribution < -0.4 is 28.1 Å². The molecule has 0 bridgehead atoms. The van der Waals surface area contributed by atoms with Crippen LogP contribution >= 0.6 is 0 Å². The summed E-state index contributed by atoms with van der Waals surface area (Å²) in [5.74, 6) is -0.464. The molecule has 1 aliphatic rings. The Morgan fingerprint density at radius 3 is 2.22 bits per heavy atom. The van der Waals surface area contributed by atoms with Gasteiger partial charge in [-0.3, -0.25) is 0 Å². The first kappa shape index (κ1) is 20.9. The molecule has 0 aromatic heterocycles. The number of amides is 1. The number of hydrogen-bond donors (Lipinski definition) is 1. The average Bonchev–Trinajstić information content (AvgIpc) is 2.63. The minimum absolute atomic E-state index is 0. The molecule has 0 saturated carbocycles. The maximum absolute atomic E-state index is 12.0. The van der Waals surface area contributed by atoms with Crippen molar-refractivity contribution in [1.82, 2.24) is 3.26 Å². The van der Waals surface area contributed by atoms with Gasteiger partial charge >= 0.3 is 108 Å². The van der Waals surface area contributed by atoms with Crippen LogP contribution in [0.25, 0.3) is 0 Å². The molecule has 18 heavy (non-hydrogen) atoms. The van der Waals surface area contributed by atoms with Crippen LogP contribution in [0, 0.1) is 5.41 Å². The van der Waals surface area contributed by atoms with Gasteiger partial charge in [0, 0.05) is 0 Å². The SMILES string of the molecule is C[SiH](C)[Zr+2]([NH]C(=O)C(C)(C)C)[C]1=CC=CC1.[Cl-].[Cl-]. The van der Waals surface area contributed by atoms with Crippen LogP contribution in [0.15, 0.2) is 21.5 Å². The molecule has 0 spiro atoms. The van der Waals surface area contributed by atoms with Crippen molar-refractivity contribution in [1.29, 1.82) is 0 Å². The summed E-state index contributed by atoms with van der Waals surface area (Å²) in [6.45, 7) is 10.7. The van der Waals surface area contributed by atoms with E-state index in [1.165, 1.54) is 0 Å². The van der Waals surface area contributed by atoms with E-state index in [1.807, 2.05) is 20.8 Å². The summed E-state index contributed by atoms with van der Waals surface area (Å²) in [6.07, 6.45) is 7.67. The van der Waals surface area contributed by atoms with Crippen molar-refractivity contribution in [3.05, 3.63) is 21.5 Å². The Kier molecular flexibility index (Phi) is 10.2. The molecule has 0 fully saturated rings. The molecular weight excluding hydrogens is 364 g/mol. The molecule has 103 valence electrons. The number of hydrogen-bond acceptors (Lipinski definition) is 1. The van der Waals surface area contributed by atoms with Gasteiger partial charge in [-0.1, -0.05) is 0 Å². The maximum atomic E-state index is 12.0. The van der Waals surface area contributed by atoms with Gasteiger partial charge in [-0.15, -0.1) is 0 Å². The zero-order valence-corrected chi connectivity index (χ0v) is 16.8. The smallest absolute Gasteiger partial charge is 1.00 e. The van der Waals surface area contributed by atoms with Gasteiger partial charge in [0.1, 0.15) is 0 Å². The van der Waals surface area contributed by atoms with Gasteiger partial charge in [0.15, 0.2) is 0 Å². The molecule has 1 aliphatic carbocycles. The fraction of sp³-hybridized carbons (Fsp3) is 0.583. The Labute approximate surface area is 132 Å². The number of nitrogens with one attached hydrogen (secondary N) is 1. The second kappa shape index (κ2) is 8.73. The largest absolute Gasteiger partial charge is 1.00 e. The van der Waals surface area contributed by atoms with Gasteiger partial charge in [0.2, 0.25) is 0 Å². The molecule has 0 aromatic rings.